The quantitative estimate of drug-likeness (QED) is 0.663. The third-order valence-corrected chi connectivity index (χ3v) is 3.57. The second-order valence-corrected chi connectivity index (χ2v) is 5.18. The van der Waals surface area contributed by atoms with E-state index in [1.807, 2.05) is 5.32 Å². The maximum atomic E-state index is 11.3. The number of hydrogen-bond acceptors (Lipinski definition) is 7. The molecule has 0 bridgehead atoms. The van der Waals surface area contributed by atoms with E-state index in [9.17, 15) is 9.59 Å². The van der Waals surface area contributed by atoms with Gasteiger partial charge >= 0.3 is 6.03 Å². The molecule has 2 rings (SSSR count). The standard InChI is InChI=1S/C13H15N5O4S/c1-21-7-3-4-8(9(5-7)22-2)11-16-13(18-17-11)23-6-10(19)15-12(14)20/h3-5H,6H2,1-2H3,(H,16,17,18)(H3,14,15,19,20). The van der Waals surface area contributed by atoms with Gasteiger partial charge in [0.05, 0.1) is 25.5 Å². The average molecular weight is 337 g/mol. The van der Waals surface area contributed by atoms with Crippen LogP contribution in [0.5, 0.6) is 11.5 Å². The molecule has 1 aromatic carbocycles. The molecule has 0 spiro atoms. The number of rotatable bonds is 6. The predicted molar refractivity (Wildman–Crippen MR) is 83.4 cm³/mol. The van der Waals surface area contributed by atoms with Crippen LogP contribution in [0.1, 0.15) is 0 Å². The number of benzene rings is 1. The highest BCUT2D eigenvalue weighted by Crippen LogP contribution is 2.31. The van der Waals surface area contributed by atoms with Crippen molar-refractivity contribution >= 4 is 23.7 Å². The van der Waals surface area contributed by atoms with Crippen LogP contribution in [0.2, 0.25) is 0 Å². The number of nitrogens with zero attached hydrogens (tertiary/aromatic N) is 2. The van der Waals surface area contributed by atoms with Gasteiger partial charge in [-0.15, -0.1) is 5.10 Å². The first kappa shape index (κ1) is 16.6. The maximum absolute atomic E-state index is 11.3. The summed E-state index contributed by atoms with van der Waals surface area (Å²) in [6, 6.07) is 4.39. The molecule has 0 saturated heterocycles. The molecular weight excluding hydrogens is 322 g/mol. The second-order valence-electron chi connectivity index (χ2n) is 4.23. The molecule has 0 unspecified atom stereocenters. The SMILES string of the molecule is COc1ccc(-c2nc(SCC(=O)NC(N)=O)n[nH]2)c(OC)c1. The molecule has 0 saturated carbocycles. The lowest BCUT2D eigenvalue weighted by Crippen LogP contribution is -2.36. The number of amides is 3. The normalized spacial score (nSPS) is 10.2. The fourth-order valence-corrected chi connectivity index (χ4v) is 2.33. The van der Waals surface area contributed by atoms with Gasteiger partial charge in [-0.2, -0.15) is 0 Å². The molecule has 1 heterocycles. The number of hydrogen-bond donors (Lipinski definition) is 3. The highest BCUT2D eigenvalue weighted by molar-refractivity contribution is 7.99. The van der Waals surface area contributed by atoms with Crippen molar-refractivity contribution < 1.29 is 19.1 Å². The van der Waals surface area contributed by atoms with E-state index < -0.39 is 11.9 Å². The summed E-state index contributed by atoms with van der Waals surface area (Å²) in [6.45, 7) is 0. The predicted octanol–water partition coefficient (Wildman–Crippen LogP) is 0.776. The van der Waals surface area contributed by atoms with E-state index in [1.165, 1.54) is 0 Å². The fourth-order valence-electron chi connectivity index (χ4n) is 1.73. The smallest absolute Gasteiger partial charge is 0.318 e. The van der Waals surface area contributed by atoms with Gasteiger partial charge in [0.15, 0.2) is 5.82 Å². The lowest BCUT2D eigenvalue weighted by Gasteiger charge is -2.07. The molecule has 0 radical (unpaired) electrons. The second kappa shape index (κ2) is 7.49. The van der Waals surface area contributed by atoms with E-state index in [-0.39, 0.29) is 5.75 Å². The first-order chi connectivity index (χ1) is 11.0. The van der Waals surface area contributed by atoms with Gasteiger partial charge < -0.3 is 15.2 Å². The van der Waals surface area contributed by atoms with Crippen molar-refractivity contribution in [3.05, 3.63) is 18.2 Å². The molecule has 0 aliphatic rings. The minimum Gasteiger partial charge on any atom is -0.497 e. The number of aromatic nitrogens is 3. The molecule has 9 nitrogen and oxygen atoms in total. The van der Waals surface area contributed by atoms with Crippen molar-refractivity contribution in [2.24, 2.45) is 5.73 Å². The first-order valence-electron chi connectivity index (χ1n) is 6.40. The number of carbonyl (C=O) groups is 2. The zero-order valence-electron chi connectivity index (χ0n) is 12.5. The van der Waals surface area contributed by atoms with Crippen LogP contribution in [-0.2, 0) is 4.79 Å². The molecule has 23 heavy (non-hydrogen) atoms. The molecule has 10 heteroatoms. The number of nitrogens with two attached hydrogens (primary N) is 1. The third-order valence-electron chi connectivity index (χ3n) is 2.72. The van der Waals surface area contributed by atoms with Gasteiger partial charge in [-0.05, 0) is 12.1 Å². The summed E-state index contributed by atoms with van der Waals surface area (Å²) >= 11 is 1.07. The number of thioether (sulfide) groups is 1. The Bertz CT molecular complexity index is 718. The molecule has 0 aliphatic heterocycles. The molecule has 122 valence electrons. The van der Waals surface area contributed by atoms with E-state index in [0.29, 0.717) is 28.0 Å². The number of imide groups is 1. The molecule has 0 fully saturated rings. The van der Waals surface area contributed by atoms with E-state index in [1.54, 1.807) is 32.4 Å². The lowest BCUT2D eigenvalue weighted by molar-refractivity contribution is -0.117. The summed E-state index contributed by atoms with van der Waals surface area (Å²) in [6.07, 6.45) is 0. The number of methoxy groups -OCH3 is 2. The summed E-state index contributed by atoms with van der Waals surface area (Å²) in [5.41, 5.74) is 5.56. The van der Waals surface area contributed by atoms with Crippen molar-refractivity contribution in [1.29, 1.82) is 0 Å². The molecular formula is C13H15N5O4S. The topological polar surface area (TPSA) is 132 Å². The summed E-state index contributed by atoms with van der Waals surface area (Å²) in [5, 5.41) is 9.10. The zero-order chi connectivity index (χ0) is 16.8. The Kier molecular flexibility index (Phi) is 5.41. The Morgan fingerprint density at radius 3 is 2.78 bits per heavy atom. The number of carbonyl (C=O) groups excluding carboxylic acids is 2. The van der Waals surface area contributed by atoms with Gasteiger partial charge in [-0.25, -0.2) is 9.78 Å². The number of nitrogens with one attached hydrogen (secondary N) is 2. The average Bonchev–Trinajstić information content (AvgIpc) is 3.00. The van der Waals surface area contributed by atoms with Gasteiger partial charge in [0.2, 0.25) is 11.1 Å². The van der Waals surface area contributed by atoms with Crippen LogP contribution in [0.15, 0.2) is 23.4 Å². The molecule has 2 aromatic rings. The third kappa shape index (κ3) is 4.36. The van der Waals surface area contributed by atoms with Gasteiger partial charge in [-0.1, -0.05) is 11.8 Å². The Morgan fingerprint density at radius 2 is 2.13 bits per heavy atom. The van der Waals surface area contributed by atoms with Crippen LogP contribution >= 0.6 is 11.8 Å². The Morgan fingerprint density at radius 1 is 1.35 bits per heavy atom. The van der Waals surface area contributed by atoms with Crippen LogP contribution in [0, 0.1) is 0 Å². The number of H-pyrrole nitrogens is 1. The summed E-state index contributed by atoms with van der Waals surface area (Å²) < 4.78 is 10.4. The summed E-state index contributed by atoms with van der Waals surface area (Å²) in [7, 11) is 3.10. The van der Waals surface area contributed by atoms with Crippen molar-refractivity contribution in [3.8, 4) is 22.9 Å². The van der Waals surface area contributed by atoms with Crippen LogP contribution in [-0.4, -0.2) is 47.1 Å². The molecule has 1 aromatic heterocycles. The summed E-state index contributed by atoms with van der Waals surface area (Å²) in [4.78, 5) is 26.2. The largest absolute Gasteiger partial charge is 0.497 e. The Balaban J connectivity index is 2.10. The van der Waals surface area contributed by atoms with Gasteiger partial charge in [0, 0.05) is 6.07 Å². The van der Waals surface area contributed by atoms with E-state index in [0.717, 1.165) is 11.8 Å². The maximum Gasteiger partial charge on any atom is 0.318 e. The van der Waals surface area contributed by atoms with Crippen LogP contribution < -0.4 is 20.5 Å². The van der Waals surface area contributed by atoms with Gasteiger partial charge in [-0.3, -0.25) is 15.2 Å². The van der Waals surface area contributed by atoms with Gasteiger partial charge in [0.25, 0.3) is 0 Å². The van der Waals surface area contributed by atoms with Crippen molar-refractivity contribution in [1.82, 2.24) is 20.5 Å². The number of urea groups is 1. The van der Waals surface area contributed by atoms with E-state index in [4.69, 9.17) is 15.2 Å². The van der Waals surface area contributed by atoms with E-state index >= 15 is 0 Å². The molecule has 0 atom stereocenters. The fraction of sp³-hybridized carbons (Fsp3) is 0.231. The monoisotopic (exact) mass is 337 g/mol. The molecule has 0 aliphatic carbocycles. The van der Waals surface area contributed by atoms with Gasteiger partial charge in [0.1, 0.15) is 11.5 Å². The lowest BCUT2D eigenvalue weighted by atomic mass is 10.2. The Labute approximate surface area is 135 Å². The van der Waals surface area contributed by atoms with Crippen LogP contribution in [0.25, 0.3) is 11.4 Å². The molecule has 4 N–H and O–H groups in total. The van der Waals surface area contributed by atoms with E-state index in [2.05, 4.69) is 15.2 Å². The number of ether oxygens (including phenoxy) is 2. The number of aromatic amines is 1. The van der Waals surface area contributed by atoms with Crippen molar-refractivity contribution in [2.75, 3.05) is 20.0 Å². The Hall–Kier alpha value is -2.75. The summed E-state index contributed by atoms with van der Waals surface area (Å²) in [5.74, 6) is 1.17. The highest BCUT2D eigenvalue weighted by atomic mass is 32.2. The number of primary amides is 1. The minimum atomic E-state index is -0.894. The van der Waals surface area contributed by atoms with Crippen LogP contribution in [0.4, 0.5) is 4.79 Å². The molecule has 3 amide bonds. The minimum absolute atomic E-state index is 0.0278. The zero-order valence-corrected chi connectivity index (χ0v) is 13.3. The van der Waals surface area contributed by atoms with Crippen molar-refractivity contribution in [3.63, 3.8) is 0 Å². The van der Waals surface area contributed by atoms with Crippen molar-refractivity contribution in [2.45, 2.75) is 5.16 Å². The van der Waals surface area contributed by atoms with Crippen LogP contribution in [0.3, 0.4) is 0 Å². The first-order valence-corrected chi connectivity index (χ1v) is 7.39. The highest BCUT2D eigenvalue weighted by Gasteiger charge is 2.13.